The summed E-state index contributed by atoms with van der Waals surface area (Å²) in [6.07, 6.45) is 1.68. The molecule has 0 fully saturated rings. The van der Waals surface area contributed by atoms with Crippen molar-refractivity contribution in [1.29, 1.82) is 0 Å². The fourth-order valence-electron chi connectivity index (χ4n) is 4.26. The summed E-state index contributed by atoms with van der Waals surface area (Å²) in [5.74, 6) is 0.547. The highest BCUT2D eigenvalue weighted by atomic mass is 16.5. The van der Waals surface area contributed by atoms with Gasteiger partial charge in [-0.25, -0.2) is 0 Å². The van der Waals surface area contributed by atoms with Crippen molar-refractivity contribution in [3.05, 3.63) is 88.3 Å². The monoisotopic (exact) mass is 432 g/mol. The number of amides is 1. The number of likely N-dealkylation sites (N-methyl/N-ethyl adjacent to an activating group) is 1. The molecule has 0 saturated carbocycles. The molecule has 32 heavy (non-hydrogen) atoms. The fourth-order valence-corrected chi connectivity index (χ4v) is 4.26. The van der Waals surface area contributed by atoms with E-state index in [1.807, 2.05) is 24.3 Å². The average Bonchev–Trinajstić information content (AvgIpc) is 3.10. The van der Waals surface area contributed by atoms with E-state index in [1.54, 1.807) is 35.2 Å². The van der Waals surface area contributed by atoms with Crippen LogP contribution < -0.4 is 10.2 Å². The number of ether oxygens (including phenoxy) is 1. The summed E-state index contributed by atoms with van der Waals surface area (Å²) in [4.78, 5) is 31.0. The second-order valence-corrected chi connectivity index (χ2v) is 7.77. The summed E-state index contributed by atoms with van der Waals surface area (Å²) in [6.45, 7) is 11.2. The van der Waals surface area contributed by atoms with Gasteiger partial charge >= 0.3 is 0 Å². The molecule has 0 radical (unpaired) electrons. The number of nitrogens with zero attached hydrogens (tertiary/aromatic N) is 2. The third kappa shape index (κ3) is 3.94. The van der Waals surface area contributed by atoms with Crippen LogP contribution in [0.1, 0.15) is 41.6 Å². The Balaban J connectivity index is 1.83. The Labute approximate surface area is 187 Å². The van der Waals surface area contributed by atoms with Gasteiger partial charge in [-0.2, -0.15) is 0 Å². The van der Waals surface area contributed by atoms with Crippen LogP contribution in [-0.2, 0) is 0 Å². The van der Waals surface area contributed by atoms with Gasteiger partial charge in [-0.05, 0) is 42.9 Å². The van der Waals surface area contributed by atoms with Crippen LogP contribution in [0, 0.1) is 0 Å². The molecule has 0 saturated heterocycles. The summed E-state index contributed by atoms with van der Waals surface area (Å²) < 4.78 is 11.7. The maximum absolute atomic E-state index is 13.5. The van der Waals surface area contributed by atoms with Crippen molar-refractivity contribution in [2.24, 2.45) is 0 Å². The van der Waals surface area contributed by atoms with Crippen molar-refractivity contribution < 1.29 is 13.9 Å². The van der Waals surface area contributed by atoms with Crippen LogP contribution in [0.3, 0.4) is 0 Å². The van der Waals surface area contributed by atoms with Crippen LogP contribution in [-0.4, -0.2) is 48.5 Å². The number of rotatable bonds is 9. The quantitative estimate of drug-likeness (QED) is 0.473. The molecule has 0 N–H and O–H groups in total. The maximum atomic E-state index is 13.5. The highest BCUT2D eigenvalue weighted by Crippen LogP contribution is 2.38. The molecule has 0 bridgehead atoms. The number of hydrogen-bond donors (Lipinski definition) is 0. The van der Waals surface area contributed by atoms with E-state index in [2.05, 4.69) is 25.3 Å². The lowest BCUT2D eigenvalue weighted by Crippen LogP contribution is -2.37. The second kappa shape index (κ2) is 9.40. The van der Waals surface area contributed by atoms with Crippen molar-refractivity contribution in [3.63, 3.8) is 0 Å². The van der Waals surface area contributed by atoms with E-state index in [0.29, 0.717) is 42.0 Å². The molecule has 1 atom stereocenters. The first kappa shape index (κ1) is 21.8. The lowest BCUT2D eigenvalue weighted by atomic mass is 9.98. The number of fused-ring (bicyclic) bond motifs is 2. The lowest BCUT2D eigenvalue weighted by Gasteiger charge is -2.28. The minimum Gasteiger partial charge on any atom is -0.490 e. The zero-order valence-electron chi connectivity index (χ0n) is 18.5. The van der Waals surface area contributed by atoms with Crippen LogP contribution >= 0.6 is 0 Å². The molecule has 166 valence electrons. The average molecular weight is 433 g/mol. The Morgan fingerprint density at radius 2 is 1.91 bits per heavy atom. The molecular formula is C26H28N2O4. The molecule has 1 aliphatic rings. The summed E-state index contributed by atoms with van der Waals surface area (Å²) in [5.41, 5.74) is 1.48. The largest absolute Gasteiger partial charge is 0.490 e. The summed E-state index contributed by atoms with van der Waals surface area (Å²) in [7, 11) is 0. The zero-order chi connectivity index (χ0) is 22.7. The van der Waals surface area contributed by atoms with Gasteiger partial charge < -0.3 is 19.0 Å². The van der Waals surface area contributed by atoms with E-state index in [0.717, 1.165) is 18.7 Å². The number of carbonyl (C=O) groups excluding carboxylic acids is 1. The summed E-state index contributed by atoms with van der Waals surface area (Å²) >= 11 is 0. The Morgan fingerprint density at radius 3 is 2.66 bits per heavy atom. The van der Waals surface area contributed by atoms with Crippen molar-refractivity contribution in [2.45, 2.75) is 19.9 Å². The molecule has 1 aromatic heterocycles. The summed E-state index contributed by atoms with van der Waals surface area (Å²) in [6, 6.07) is 14.1. The normalized spacial score (nSPS) is 15.4. The Kier molecular flexibility index (Phi) is 6.42. The van der Waals surface area contributed by atoms with Crippen molar-refractivity contribution in [1.82, 2.24) is 9.80 Å². The Hall–Kier alpha value is -3.38. The van der Waals surface area contributed by atoms with E-state index in [4.69, 9.17) is 9.15 Å². The van der Waals surface area contributed by atoms with Crippen molar-refractivity contribution in [2.75, 3.05) is 32.8 Å². The van der Waals surface area contributed by atoms with Crippen LogP contribution in [0.15, 0.2) is 70.4 Å². The molecule has 0 aliphatic carbocycles. The third-order valence-corrected chi connectivity index (χ3v) is 5.97. The minimum absolute atomic E-state index is 0.135. The molecule has 6 heteroatoms. The first-order valence-electron chi connectivity index (χ1n) is 11.0. The van der Waals surface area contributed by atoms with Gasteiger partial charge in [-0.3, -0.25) is 9.59 Å². The van der Waals surface area contributed by atoms with E-state index in [9.17, 15) is 9.59 Å². The number of hydrogen-bond acceptors (Lipinski definition) is 5. The number of carbonyl (C=O) groups is 1. The van der Waals surface area contributed by atoms with E-state index >= 15 is 0 Å². The van der Waals surface area contributed by atoms with Gasteiger partial charge in [0, 0.05) is 13.1 Å². The smallest absolute Gasteiger partial charge is 0.290 e. The number of benzene rings is 2. The predicted molar refractivity (Wildman–Crippen MR) is 125 cm³/mol. The molecule has 0 spiro atoms. The SMILES string of the molecule is C=CCOc1cccc([C@H]2c3c(oc4ccccc4c3=O)C(=O)N2CCN(CC)CC)c1. The molecule has 0 unspecified atom stereocenters. The van der Waals surface area contributed by atoms with E-state index < -0.39 is 6.04 Å². The molecule has 6 nitrogen and oxygen atoms in total. The van der Waals surface area contributed by atoms with Gasteiger partial charge in [0.25, 0.3) is 5.91 Å². The van der Waals surface area contributed by atoms with Gasteiger partial charge in [0.2, 0.25) is 5.76 Å². The minimum atomic E-state index is -0.527. The molecule has 2 heterocycles. The topological polar surface area (TPSA) is 63.0 Å². The standard InChI is InChI=1S/C26H28N2O4/c1-4-16-31-19-11-9-10-18(17-19)23-22-24(29)20-12-7-8-13-21(20)32-25(22)26(30)28(23)15-14-27(5-2)6-3/h4,7-13,17,23H,1,5-6,14-16H2,2-3H3/t23-/m0/s1. The number of para-hydroxylation sites is 1. The van der Waals surface area contributed by atoms with Crippen molar-refractivity contribution in [3.8, 4) is 5.75 Å². The predicted octanol–water partition coefficient (Wildman–Crippen LogP) is 4.24. The highest BCUT2D eigenvalue weighted by Gasteiger charge is 2.42. The molecule has 1 amide bonds. The lowest BCUT2D eigenvalue weighted by molar-refractivity contribution is 0.0708. The van der Waals surface area contributed by atoms with E-state index in [1.165, 1.54) is 0 Å². The molecule has 1 aliphatic heterocycles. The van der Waals surface area contributed by atoms with Crippen molar-refractivity contribution >= 4 is 16.9 Å². The third-order valence-electron chi connectivity index (χ3n) is 5.97. The van der Waals surface area contributed by atoms with Gasteiger partial charge in [-0.15, -0.1) is 0 Å². The molecule has 2 aromatic carbocycles. The highest BCUT2D eigenvalue weighted by molar-refractivity contribution is 5.99. The molecule has 3 aromatic rings. The van der Waals surface area contributed by atoms with Crippen LogP contribution in [0.2, 0.25) is 0 Å². The summed E-state index contributed by atoms with van der Waals surface area (Å²) in [5, 5.41) is 0.480. The van der Waals surface area contributed by atoms with Gasteiger partial charge in [0.15, 0.2) is 5.43 Å². The van der Waals surface area contributed by atoms with Gasteiger partial charge in [-0.1, -0.05) is 50.8 Å². The maximum Gasteiger partial charge on any atom is 0.290 e. The first-order chi connectivity index (χ1) is 15.6. The molecule has 4 rings (SSSR count). The van der Waals surface area contributed by atoms with Gasteiger partial charge in [0.05, 0.1) is 17.0 Å². The van der Waals surface area contributed by atoms with E-state index in [-0.39, 0.29) is 17.1 Å². The molecular weight excluding hydrogens is 404 g/mol. The van der Waals surface area contributed by atoms with Crippen LogP contribution in [0.5, 0.6) is 5.75 Å². The zero-order valence-corrected chi connectivity index (χ0v) is 18.5. The van der Waals surface area contributed by atoms with Gasteiger partial charge in [0.1, 0.15) is 17.9 Å². The second-order valence-electron chi connectivity index (χ2n) is 7.77. The van der Waals surface area contributed by atoms with Crippen LogP contribution in [0.25, 0.3) is 11.0 Å². The Bertz CT molecular complexity index is 1200. The fraction of sp³-hybridized carbons (Fsp3) is 0.308. The first-order valence-corrected chi connectivity index (χ1v) is 11.0. The Morgan fingerprint density at radius 1 is 1.12 bits per heavy atom. The van der Waals surface area contributed by atoms with Crippen LogP contribution in [0.4, 0.5) is 0 Å².